The Balaban J connectivity index is 0.000000388. The molecule has 20 heavy (non-hydrogen) atoms. The largest absolute Gasteiger partial charge is 0.481 e. The van der Waals surface area contributed by atoms with Gasteiger partial charge in [-0.25, -0.2) is 0 Å². The summed E-state index contributed by atoms with van der Waals surface area (Å²) in [5, 5.41) is 18.2. The molecule has 0 saturated heterocycles. The summed E-state index contributed by atoms with van der Waals surface area (Å²) in [6, 6.07) is 9.27. The first-order valence-electron chi connectivity index (χ1n) is 6.13. The molecule has 1 aromatic carbocycles. The van der Waals surface area contributed by atoms with Gasteiger partial charge in [0.25, 0.3) is 0 Å². The minimum atomic E-state index is -0.839. The van der Waals surface area contributed by atoms with Gasteiger partial charge in [-0.1, -0.05) is 41.4 Å². The van der Waals surface area contributed by atoms with E-state index in [-0.39, 0.29) is 12.3 Å². The third-order valence-electron chi connectivity index (χ3n) is 2.43. The van der Waals surface area contributed by atoms with Crippen LogP contribution in [0, 0.1) is 17.2 Å². The first-order valence-corrected chi connectivity index (χ1v) is 6.89. The van der Waals surface area contributed by atoms with Crippen LogP contribution in [0.3, 0.4) is 0 Å². The third kappa shape index (κ3) is 9.43. The van der Waals surface area contributed by atoms with Crippen molar-refractivity contribution in [3.8, 4) is 6.07 Å². The molecule has 0 aliphatic heterocycles. The van der Waals surface area contributed by atoms with Gasteiger partial charge in [0.05, 0.1) is 16.1 Å². The zero-order valence-corrected chi connectivity index (χ0v) is 12.6. The number of allylic oxidation sites excluding steroid dienone is 1. The van der Waals surface area contributed by atoms with Crippen LogP contribution in [0.1, 0.15) is 25.7 Å². The molecule has 0 saturated carbocycles. The summed E-state index contributed by atoms with van der Waals surface area (Å²) in [6.07, 6.45) is 3.76. The molecule has 0 amide bonds. The molecule has 0 heterocycles. The fraction of sp³-hybridized carbons (Fsp3) is 0.333. The molecule has 0 radical (unpaired) electrons. The van der Waals surface area contributed by atoms with Crippen molar-refractivity contribution < 1.29 is 9.90 Å². The first-order chi connectivity index (χ1) is 9.51. The highest BCUT2D eigenvalue weighted by molar-refractivity contribution is 6.41. The average Bonchev–Trinajstić information content (AvgIpc) is 2.43. The fourth-order valence-electron chi connectivity index (χ4n) is 1.33. The normalized spacial score (nSPS) is 10.7. The smallest absolute Gasteiger partial charge is 0.303 e. The molecule has 108 valence electrons. The van der Waals surface area contributed by atoms with Gasteiger partial charge in [-0.3, -0.25) is 4.79 Å². The van der Waals surface area contributed by atoms with E-state index in [1.54, 1.807) is 18.2 Å². The summed E-state index contributed by atoms with van der Waals surface area (Å²) in [5.41, 5.74) is 0. The SMILES string of the molecule is C=CCCC(C#N)CCC(=O)O.Clc1ccccc1Cl. The Kier molecular flexibility index (Phi) is 10.5. The second-order valence-corrected chi connectivity index (χ2v) is 4.85. The summed E-state index contributed by atoms with van der Waals surface area (Å²) in [4.78, 5) is 10.2. The van der Waals surface area contributed by atoms with Crippen LogP contribution in [0.4, 0.5) is 0 Å². The predicted octanol–water partition coefficient (Wildman–Crippen LogP) is 4.95. The number of hydrogen-bond donors (Lipinski definition) is 1. The van der Waals surface area contributed by atoms with Gasteiger partial charge in [-0.15, -0.1) is 6.58 Å². The standard InChI is InChI=1S/C9H13NO2.C6H4Cl2/c1-2-3-4-8(7-10)5-6-9(11)12;7-5-3-1-2-4-6(5)8/h2,8H,1,3-6H2,(H,11,12);1-4H. The molecule has 3 nitrogen and oxygen atoms in total. The highest BCUT2D eigenvalue weighted by atomic mass is 35.5. The lowest BCUT2D eigenvalue weighted by atomic mass is 9.99. The van der Waals surface area contributed by atoms with Crippen molar-refractivity contribution in [2.45, 2.75) is 25.7 Å². The minimum absolute atomic E-state index is 0.0787. The van der Waals surface area contributed by atoms with Crippen LogP contribution in [0.5, 0.6) is 0 Å². The Morgan fingerprint density at radius 1 is 1.35 bits per heavy atom. The van der Waals surface area contributed by atoms with E-state index in [9.17, 15) is 4.79 Å². The molecule has 1 unspecified atom stereocenters. The number of nitrogens with zero attached hydrogens (tertiary/aromatic N) is 1. The zero-order chi connectivity index (χ0) is 15.4. The second-order valence-electron chi connectivity index (χ2n) is 4.04. The van der Waals surface area contributed by atoms with Gasteiger partial charge in [0.2, 0.25) is 0 Å². The molecule has 0 aliphatic carbocycles. The Morgan fingerprint density at radius 3 is 2.25 bits per heavy atom. The number of carboxylic acid groups (broad SMARTS) is 1. The second kappa shape index (κ2) is 11.3. The zero-order valence-electron chi connectivity index (χ0n) is 11.1. The van der Waals surface area contributed by atoms with Crippen molar-refractivity contribution in [2.75, 3.05) is 0 Å². The molecule has 0 bridgehead atoms. The van der Waals surface area contributed by atoms with Crippen molar-refractivity contribution >= 4 is 29.2 Å². The lowest BCUT2D eigenvalue weighted by Crippen LogP contribution is -2.02. The Labute approximate surface area is 129 Å². The fourth-order valence-corrected chi connectivity index (χ4v) is 1.60. The third-order valence-corrected chi connectivity index (χ3v) is 3.19. The summed E-state index contributed by atoms with van der Waals surface area (Å²) in [6.45, 7) is 3.54. The Morgan fingerprint density at radius 2 is 1.90 bits per heavy atom. The van der Waals surface area contributed by atoms with Crippen LogP contribution < -0.4 is 0 Å². The van der Waals surface area contributed by atoms with E-state index in [0.29, 0.717) is 22.9 Å². The molecule has 1 N–H and O–H groups in total. The number of nitriles is 1. The number of carboxylic acids is 1. The number of rotatable bonds is 6. The van der Waals surface area contributed by atoms with Gasteiger partial charge in [0.1, 0.15) is 0 Å². The first kappa shape index (κ1) is 18.5. The lowest BCUT2D eigenvalue weighted by molar-refractivity contribution is -0.137. The minimum Gasteiger partial charge on any atom is -0.481 e. The van der Waals surface area contributed by atoms with Crippen molar-refractivity contribution in [1.82, 2.24) is 0 Å². The molecular formula is C15H17Cl2NO2. The van der Waals surface area contributed by atoms with Crippen molar-refractivity contribution in [3.63, 3.8) is 0 Å². The quantitative estimate of drug-likeness (QED) is 0.756. The van der Waals surface area contributed by atoms with Gasteiger partial charge in [0, 0.05) is 12.3 Å². The Bertz CT molecular complexity index is 448. The van der Waals surface area contributed by atoms with Gasteiger partial charge in [0.15, 0.2) is 0 Å². The Hall–Kier alpha value is -1.50. The topological polar surface area (TPSA) is 61.1 Å². The number of aliphatic carboxylic acids is 1. The lowest BCUT2D eigenvalue weighted by Gasteiger charge is -2.03. The molecule has 5 heteroatoms. The number of benzene rings is 1. The average molecular weight is 314 g/mol. The van der Waals surface area contributed by atoms with Gasteiger partial charge < -0.3 is 5.11 Å². The van der Waals surface area contributed by atoms with Crippen LogP contribution in [0.2, 0.25) is 10.0 Å². The van der Waals surface area contributed by atoms with Crippen LogP contribution in [0.15, 0.2) is 36.9 Å². The van der Waals surface area contributed by atoms with Crippen LogP contribution in [0.25, 0.3) is 0 Å². The highest BCUT2D eigenvalue weighted by Crippen LogP contribution is 2.19. The highest BCUT2D eigenvalue weighted by Gasteiger charge is 2.08. The summed E-state index contributed by atoms with van der Waals surface area (Å²) >= 11 is 11.2. The molecule has 0 aromatic heterocycles. The monoisotopic (exact) mass is 313 g/mol. The van der Waals surface area contributed by atoms with Gasteiger partial charge in [-0.05, 0) is 31.4 Å². The van der Waals surface area contributed by atoms with Crippen molar-refractivity contribution in [1.29, 1.82) is 5.26 Å². The van der Waals surface area contributed by atoms with Crippen molar-refractivity contribution in [2.24, 2.45) is 5.92 Å². The van der Waals surface area contributed by atoms with E-state index < -0.39 is 5.97 Å². The van der Waals surface area contributed by atoms with Crippen LogP contribution in [-0.2, 0) is 4.79 Å². The summed E-state index contributed by atoms with van der Waals surface area (Å²) in [5.74, 6) is -0.979. The van der Waals surface area contributed by atoms with E-state index >= 15 is 0 Å². The van der Waals surface area contributed by atoms with Crippen molar-refractivity contribution in [3.05, 3.63) is 47.0 Å². The van der Waals surface area contributed by atoms with Crippen LogP contribution in [-0.4, -0.2) is 11.1 Å². The van der Waals surface area contributed by atoms with E-state index in [0.717, 1.165) is 6.42 Å². The summed E-state index contributed by atoms with van der Waals surface area (Å²) < 4.78 is 0. The van der Waals surface area contributed by atoms with E-state index in [4.69, 9.17) is 33.6 Å². The van der Waals surface area contributed by atoms with E-state index in [1.165, 1.54) is 0 Å². The van der Waals surface area contributed by atoms with Gasteiger partial charge in [-0.2, -0.15) is 5.26 Å². The molecule has 0 spiro atoms. The number of halogens is 2. The molecule has 1 rings (SSSR count). The van der Waals surface area contributed by atoms with Crippen LogP contribution >= 0.6 is 23.2 Å². The molecule has 0 fully saturated rings. The summed E-state index contributed by atoms with van der Waals surface area (Å²) in [7, 11) is 0. The molecule has 0 aliphatic rings. The molecule has 1 atom stereocenters. The predicted molar refractivity (Wildman–Crippen MR) is 81.9 cm³/mol. The number of hydrogen-bond acceptors (Lipinski definition) is 2. The van der Waals surface area contributed by atoms with E-state index in [1.807, 2.05) is 12.1 Å². The number of carbonyl (C=O) groups is 1. The van der Waals surface area contributed by atoms with E-state index in [2.05, 4.69) is 12.6 Å². The van der Waals surface area contributed by atoms with Gasteiger partial charge >= 0.3 is 5.97 Å². The molecular weight excluding hydrogens is 297 g/mol. The maximum atomic E-state index is 10.2. The maximum absolute atomic E-state index is 10.2. The maximum Gasteiger partial charge on any atom is 0.303 e. The molecule has 1 aromatic rings.